The average molecular weight is 413 g/mol. The molecule has 1 fully saturated rings. The van der Waals surface area contributed by atoms with Crippen LogP contribution in [0.2, 0.25) is 0 Å². The zero-order valence-electron chi connectivity index (χ0n) is 13.1. The van der Waals surface area contributed by atoms with Gasteiger partial charge in [0.2, 0.25) is 0 Å². The number of nitriles is 1. The first-order valence-corrected chi connectivity index (χ1v) is 8.11. The number of nitrogens with two attached hydrogens (primary N) is 1. The van der Waals surface area contributed by atoms with Crippen LogP contribution in [0.4, 0.5) is 4.79 Å². The lowest BCUT2D eigenvalue weighted by Crippen LogP contribution is -2.75. The third kappa shape index (κ3) is 2.74. The second kappa shape index (κ2) is 5.61. The van der Waals surface area contributed by atoms with Crippen LogP contribution in [0.15, 0.2) is 18.2 Å². The van der Waals surface area contributed by atoms with Gasteiger partial charge in [0, 0.05) is 20.4 Å². The number of urea groups is 1. The topological polar surface area (TPSA) is 88.1 Å². The maximum absolute atomic E-state index is 11.2. The largest absolute Gasteiger partial charge is 0.489 e. The number of carbonyl (C=O) groups is 1. The lowest BCUT2D eigenvalue weighted by Gasteiger charge is -2.62. The van der Waals surface area contributed by atoms with E-state index in [0.29, 0.717) is 5.56 Å². The number of halogens is 1. The highest BCUT2D eigenvalue weighted by Crippen LogP contribution is 2.55. The first-order chi connectivity index (χ1) is 10.1. The molecule has 22 heavy (non-hydrogen) atoms. The molecule has 0 atom stereocenters. The van der Waals surface area contributed by atoms with E-state index in [0.717, 1.165) is 9.32 Å². The third-order valence-corrected chi connectivity index (χ3v) is 5.33. The van der Waals surface area contributed by atoms with Crippen molar-refractivity contribution in [1.82, 2.24) is 5.32 Å². The zero-order valence-corrected chi connectivity index (χ0v) is 15.3. The first-order valence-electron chi connectivity index (χ1n) is 7.03. The normalized spacial score (nSPS) is 24.7. The smallest absolute Gasteiger partial charge is 0.312 e. The van der Waals surface area contributed by atoms with Crippen molar-refractivity contribution in [3.05, 3.63) is 27.3 Å². The molecule has 1 aliphatic rings. The van der Waals surface area contributed by atoms with E-state index in [2.05, 4.69) is 61.7 Å². The van der Waals surface area contributed by atoms with Crippen molar-refractivity contribution >= 4 is 28.6 Å². The van der Waals surface area contributed by atoms with Crippen LogP contribution in [0.1, 0.15) is 33.3 Å². The lowest BCUT2D eigenvalue weighted by atomic mass is 9.49. The molecule has 0 heterocycles. The van der Waals surface area contributed by atoms with E-state index in [4.69, 9.17) is 15.7 Å². The molecule has 0 saturated heterocycles. The van der Waals surface area contributed by atoms with E-state index in [1.54, 1.807) is 6.07 Å². The van der Waals surface area contributed by atoms with Crippen molar-refractivity contribution in [2.45, 2.75) is 39.8 Å². The molecule has 0 unspecified atom stereocenters. The molecule has 2 amide bonds. The standard InChI is InChI=1S/C16H20IN3O2/c1-15(2)12(20-14(19)21)16(3,4)13(15)22-10-6-5-9(8-18)11(17)7-10/h5-7,12-13H,1-4H3,(H3,19,20,21). The summed E-state index contributed by atoms with van der Waals surface area (Å²) in [6, 6.07) is 7.00. The van der Waals surface area contributed by atoms with Crippen molar-refractivity contribution in [2.24, 2.45) is 16.6 Å². The van der Waals surface area contributed by atoms with Gasteiger partial charge >= 0.3 is 6.03 Å². The Balaban J connectivity index is 2.22. The quantitative estimate of drug-likeness (QED) is 0.747. The van der Waals surface area contributed by atoms with Crippen molar-refractivity contribution in [3.8, 4) is 11.8 Å². The molecule has 0 spiro atoms. The van der Waals surface area contributed by atoms with Gasteiger partial charge in [0.25, 0.3) is 0 Å². The number of hydrogen-bond acceptors (Lipinski definition) is 3. The molecule has 0 aromatic heterocycles. The van der Waals surface area contributed by atoms with E-state index in [1.807, 2.05) is 12.1 Å². The van der Waals surface area contributed by atoms with Gasteiger partial charge < -0.3 is 15.8 Å². The van der Waals surface area contributed by atoms with Crippen LogP contribution in [0.5, 0.6) is 5.75 Å². The Morgan fingerprint density at radius 1 is 1.36 bits per heavy atom. The Morgan fingerprint density at radius 3 is 2.41 bits per heavy atom. The van der Waals surface area contributed by atoms with Gasteiger partial charge in [-0.15, -0.1) is 0 Å². The van der Waals surface area contributed by atoms with Crippen molar-refractivity contribution in [2.75, 3.05) is 0 Å². The number of primary amides is 1. The summed E-state index contributed by atoms with van der Waals surface area (Å²) < 4.78 is 7.03. The van der Waals surface area contributed by atoms with Gasteiger partial charge in [0.1, 0.15) is 17.9 Å². The molecule has 5 nitrogen and oxygen atoms in total. The summed E-state index contributed by atoms with van der Waals surface area (Å²) in [5.41, 5.74) is 5.43. The number of carbonyl (C=O) groups excluding carboxylic acids is 1. The molecule has 1 aromatic carbocycles. The van der Waals surface area contributed by atoms with E-state index >= 15 is 0 Å². The van der Waals surface area contributed by atoms with E-state index in [1.165, 1.54) is 0 Å². The van der Waals surface area contributed by atoms with Gasteiger partial charge in [-0.25, -0.2) is 4.79 Å². The van der Waals surface area contributed by atoms with Gasteiger partial charge in [-0.3, -0.25) is 0 Å². The molecule has 1 aliphatic carbocycles. The average Bonchev–Trinajstić information content (AvgIpc) is 2.41. The van der Waals surface area contributed by atoms with Gasteiger partial charge in [0.05, 0.1) is 5.56 Å². The molecule has 0 radical (unpaired) electrons. The fourth-order valence-corrected chi connectivity index (χ4v) is 4.35. The SMILES string of the molecule is CC1(C)C(NC(N)=O)C(C)(C)C1Oc1ccc(C#N)c(I)c1. The molecule has 1 saturated carbocycles. The van der Waals surface area contributed by atoms with Gasteiger partial charge in [0.15, 0.2) is 0 Å². The summed E-state index contributed by atoms with van der Waals surface area (Å²) in [7, 11) is 0. The Hall–Kier alpha value is -1.49. The fraction of sp³-hybridized carbons (Fsp3) is 0.500. The Bertz CT molecular complexity index is 633. The van der Waals surface area contributed by atoms with Gasteiger partial charge in [-0.05, 0) is 40.8 Å². The molecule has 118 valence electrons. The summed E-state index contributed by atoms with van der Waals surface area (Å²) in [4.78, 5) is 11.2. The summed E-state index contributed by atoms with van der Waals surface area (Å²) in [5.74, 6) is 0.729. The first kappa shape index (κ1) is 16.9. The highest BCUT2D eigenvalue weighted by Gasteiger charge is 2.64. The minimum absolute atomic E-state index is 0.0556. The molecular weight excluding hydrogens is 393 g/mol. The monoisotopic (exact) mass is 413 g/mol. The van der Waals surface area contributed by atoms with Crippen molar-refractivity contribution in [3.63, 3.8) is 0 Å². The van der Waals surface area contributed by atoms with E-state index in [-0.39, 0.29) is 23.0 Å². The number of nitrogens with one attached hydrogen (secondary N) is 1. The summed E-state index contributed by atoms with van der Waals surface area (Å²) in [6.07, 6.45) is -0.0689. The zero-order chi connectivity index (χ0) is 16.7. The van der Waals surface area contributed by atoms with Crippen LogP contribution in [0.25, 0.3) is 0 Å². The second-order valence-electron chi connectivity index (χ2n) is 6.84. The minimum atomic E-state index is -0.516. The van der Waals surface area contributed by atoms with Crippen LogP contribution in [-0.4, -0.2) is 18.2 Å². The summed E-state index contributed by atoms with van der Waals surface area (Å²) >= 11 is 2.12. The highest BCUT2D eigenvalue weighted by molar-refractivity contribution is 14.1. The van der Waals surface area contributed by atoms with E-state index in [9.17, 15) is 4.79 Å². The molecular formula is C16H20IN3O2. The molecule has 0 bridgehead atoms. The number of benzene rings is 1. The maximum atomic E-state index is 11.2. The molecule has 0 aliphatic heterocycles. The number of amides is 2. The Labute approximate surface area is 144 Å². The van der Waals surface area contributed by atoms with Crippen molar-refractivity contribution in [1.29, 1.82) is 5.26 Å². The third-order valence-electron chi connectivity index (χ3n) is 4.44. The van der Waals surface area contributed by atoms with Crippen molar-refractivity contribution < 1.29 is 9.53 Å². The number of nitrogens with zero attached hydrogens (tertiary/aromatic N) is 1. The molecule has 2 rings (SSSR count). The number of rotatable bonds is 3. The van der Waals surface area contributed by atoms with Crippen LogP contribution < -0.4 is 15.8 Å². The van der Waals surface area contributed by atoms with Crippen LogP contribution >= 0.6 is 22.6 Å². The summed E-state index contributed by atoms with van der Waals surface area (Å²) in [5, 5.41) is 11.8. The summed E-state index contributed by atoms with van der Waals surface area (Å²) in [6.45, 7) is 8.21. The highest BCUT2D eigenvalue weighted by atomic mass is 127. The predicted octanol–water partition coefficient (Wildman–Crippen LogP) is 3.01. The maximum Gasteiger partial charge on any atom is 0.312 e. The molecule has 1 aromatic rings. The van der Waals surface area contributed by atoms with Crippen LogP contribution in [-0.2, 0) is 0 Å². The minimum Gasteiger partial charge on any atom is -0.489 e. The Morgan fingerprint density at radius 2 is 1.95 bits per heavy atom. The van der Waals surface area contributed by atoms with Crippen LogP contribution in [0.3, 0.4) is 0 Å². The fourth-order valence-electron chi connectivity index (χ4n) is 3.74. The molecule has 3 N–H and O–H groups in total. The number of ether oxygens (including phenoxy) is 1. The Kier molecular flexibility index (Phi) is 4.30. The predicted molar refractivity (Wildman–Crippen MR) is 92.4 cm³/mol. The second-order valence-corrected chi connectivity index (χ2v) is 8.00. The van der Waals surface area contributed by atoms with Gasteiger partial charge in [-0.1, -0.05) is 27.7 Å². The number of hydrogen-bond donors (Lipinski definition) is 2. The molecule has 6 heteroatoms. The van der Waals surface area contributed by atoms with Crippen LogP contribution in [0, 0.1) is 25.7 Å². The lowest BCUT2D eigenvalue weighted by molar-refractivity contribution is -0.163. The van der Waals surface area contributed by atoms with E-state index < -0.39 is 6.03 Å². The van der Waals surface area contributed by atoms with Gasteiger partial charge in [-0.2, -0.15) is 5.26 Å².